The van der Waals surface area contributed by atoms with Crippen molar-refractivity contribution in [2.45, 2.75) is 0 Å². The van der Waals surface area contributed by atoms with Crippen LogP contribution in [0.2, 0.25) is 0 Å². The van der Waals surface area contributed by atoms with Crippen LogP contribution < -0.4 is 0 Å². The fraction of sp³-hybridized carbons (Fsp3) is 0. The number of aldehydes is 1. The molecule has 0 aliphatic heterocycles. The summed E-state index contributed by atoms with van der Waals surface area (Å²) in [7, 11) is 0. The van der Waals surface area contributed by atoms with Gasteiger partial charge in [-0.2, -0.15) is 0 Å². The third-order valence-corrected chi connectivity index (χ3v) is 3.42. The Balaban J connectivity index is 1.79. The molecule has 0 N–H and O–H groups in total. The van der Waals surface area contributed by atoms with Crippen LogP contribution >= 0.6 is 0 Å². The minimum Gasteiger partial charge on any atom is -0.453 e. The maximum absolute atomic E-state index is 10.7. The molecule has 0 bridgehead atoms. The molecule has 3 heterocycles. The molecular formula is C17H11N3O2. The monoisotopic (exact) mass is 289 g/mol. The van der Waals surface area contributed by atoms with Crippen molar-refractivity contribution < 1.29 is 9.21 Å². The van der Waals surface area contributed by atoms with Gasteiger partial charge >= 0.3 is 0 Å². The summed E-state index contributed by atoms with van der Waals surface area (Å²) in [5.41, 5.74) is 2.70. The molecule has 4 aromatic rings. The number of fused-ring (bicyclic) bond motifs is 1. The van der Waals surface area contributed by atoms with E-state index in [0.717, 1.165) is 16.8 Å². The molecule has 4 rings (SSSR count). The predicted molar refractivity (Wildman–Crippen MR) is 81.5 cm³/mol. The van der Waals surface area contributed by atoms with E-state index in [1.165, 1.54) is 0 Å². The molecule has 0 fully saturated rings. The molecule has 0 amide bonds. The number of nitrogens with zero attached hydrogens (tertiary/aromatic N) is 3. The standard InChI is InChI=1S/C17H11N3O2/c21-11-14-5-6-16(22-14)13-4-1-3-12(9-13)15-10-20-8-2-7-18-17(20)19-15/h1-11H. The van der Waals surface area contributed by atoms with Gasteiger partial charge in [0.1, 0.15) is 5.76 Å². The second kappa shape index (κ2) is 4.96. The first kappa shape index (κ1) is 12.5. The van der Waals surface area contributed by atoms with Crippen molar-refractivity contribution >= 4 is 12.1 Å². The highest BCUT2D eigenvalue weighted by molar-refractivity contribution is 5.74. The number of furan rings is 1. The van der Waals surface area contributed by atoms with E-state index >= 15 is 0 Å². The maximum atomic E-state index is 10.7. The van der Waals surface area contributed by atoms with Crippen molar-refractivity contribution in [3.05, 3.63) is 66.8 Å². The number of hydrogen-bond donors (Lipinski definition) is 0. The van der Waals surface area contributed by atoms with E-state index in [-0.39, 0.29) is 0 Å². The molecule has 5 heteroatoms. The predicted octanol–water partition coefficient (Wildman–Crippen LogP) is 3.47. The molecule has 3 aromatic heterocycles. The van der Waals surface area contributed by atoms with Crippen LogP contribution in [0, 0.1) is 0 Å². The van der Waals surface area contributed by atoms with Gasteiger partial charge < -0.3 is 4.42 Å². The molecular weight excluding hydrogens is 278 g/mol. The van der Waals surface area contributed by atoms with Crippen molar-refractivity contribution in [3.63, 3.8) is 0 Å². The van der Waals surface area contributed by atoms with Gasteiger partial charge in [0, 0.05) is 29.7 Å². The molecule has 106 valence electrons. The Morgan fingerprint density at radius 3 is 2.82 bits per heavy atom. The molecule has 0 saturated heterocycles. The van der Waals surface area contributed by atoms with E-state index in [4.69, 9.17) is 4.42 Å². The molecule has 0 saturated carbocycles. The largest absolute Gasteiger partial charge is 0.453 e. The fourth-order valence-electron chi connectivity index (χ4n) is 2.37. The van der Waals surface area contributed by atoms with Gasteiger partial charge in [0.15, 0.2) is 12.0 Å². The fourth-order valence-corrected chi connectivity index (χ4v) is 2.37. The SMILES string of the molecule is O=Cc1ccc(-c2cccc(-c3cn4cccnc4n3)c2)o1. The average molecular weight is 289 g/mol. The van der Waals surface area contributed by atoms with E-state index < -0.39 is 0 Å². The summed E-state index contributed by atoms with van der Waals surface area (Å²) in [5.74, 6) is 1.63. The van der Waals surface area contributed by atoms with E-state index in [2.05, 4.69) is 9.97 Å². The highest BCUT2D eigenvalue weighted by Gasteiger charge is 2.08. The van der Waals surface area contributed by atoms with Crippen molar-refractivity contribution in [1.82, 2.24) is 14.4 Å². The number of imidazole rings is 1. The Kier molecular flexibility index (Phi) is 2.83. The summed E-state index contributed by atoms with van der Waals surface area (Å²) in [6, 6.07) is 13.1. The van der Waals surface area contributed by atoms with Crippen LogP contribution in [0.5, 0.6) is 0 Å². The van der Waals surface area contributed by atoms with Crippen molar-refractivity contribution in [3.8, 4) is 22.6 Å². The Hall–Kier alpha value is -3.21. The lowest BCUT2D eigenvalue weighted by molar-refractivity contribution is 0.110. The Labute approximate surface area is 125 Å². The Morgan fingerprint density at radius 2 is 2.00 bits per heavy atom. The third-order valence-electron chi connectivity index (χ3n) is 3.42. The van der Waals surface area contributed by atoms with Gasteiger partial charge in [-0.05, 0) is 24.3 Å². The topological polar surface area (TPSA) is 60.4 Å². The van der Waals surface area contributed by atoms with Gasteiger partial charge in [-0.15, -0.1) is 0 Å². The van der Waals surface area contributed by atoms with E-state index in [1.807, 2.05) is 47.1 Å². The minimum absolute atomic E-state index is 0.317. The third kappa shape index (κ3) is 2.09. The summed E-state index contributed by atoms with van der Waals surface area (Å²) in [5, 5.41) is 0. The van der Waals surface area contributed by atoms with Gasteiger partial charge in [0.2, 0.25) is 5.78 Å². The summed E-state index contributed by atoms with van der Waals surface area (Å²) in [6.45, 7) is 0. The summed E-state index contributed by atoms with van der Waals surface area (Å²) in [4.78, 5) is 19.4. The summed E-state index contributed by atoms with van der Waals surface area (Å²) < 4.78 is 7.34. The van der Waals surface area contributed by atoms with Gasteiger partial charge in [-0.1, -0.05) is 18.2 Å². The first-order valence-electron chi connectivity index (χ1n) is 6.79. The van der Waals surface area contributed by atoms with Crippen molar-refractivity contribution in [2.24, 2.45) is 0 Å². The van der Waals surface area contributed by atoms with Crippen LogP contribution in [-0.2, 0) is 0 Å². The van der Waals surface area contributed by atoms with E-state index in [1.54, 1.807) is 18.3 Å². The molecule has 5 nitrogen and oxygen atoms in total. The number of aromatic nitrogens is 3. The van der Waals surface area contributed by atoms with Crippen molar-refractivity contribution in [2.75, 3.05) is 0 Å². The van der Waals surface area contributed by atoms with Crippen LogP contribution in [-0.4, -0.2) is 20.7 Å². The van der Waals surface area contributed by atoms with Gasteiger partial charge in [0.05, 0.1) is 5.69 Å². The van der Waals surface area contributed by atoms with Crippen LogP contribution in [0.1, 0.15) is 10.6 Å². The van der Waals surface area contributed by atoms with Gasteiger partial charge in [0.25, 0.3) is 0 Å². The first-order valence-corrected chi connectivity index (χ1v) is 6.79. The second-order valence-electron chi connectivity index (χ2n) is 4.85. The first-order chi connectivity index (χ1) is 10.8. The minimum atomic E-state index is 0.317. The lowest BCUT2D eigenvalue weighted by atomic mass is 10.1. The normalized spacial score (nSPS) is 10.9. The molecule has 0 spiro atoms. The smallest absolute Gasteiger partial charge is 0.234 e. The van der Waals surface area contributed by atoms with Gasteiger partial charge in [-0.3, -0.25) is 9.20 Å². The number of benzene rings is 1. The zero-order valence-corrected chi connectivity index (χ0v) is 11.5. The summed E-state index contributed by atoms with van der Waals surface area (Å²) >= 11 is 0. The molecule has 0 aliphatic rings. The number of hydrogen-bond acceptors (Lipinski definition) is 4. The molecule has 0 unspecified atom stereocenters. The molecule has 0 aliphatic carbocycles. The lowest BCUT2D eigenvalue weighted by Crippen LogP contribution is -1.83. The second-order valence-corrected chi connectivity index (χ2v) is 4.85. The van der Waals surface area contributed by atoms with Gasteiger partial charge in [-0.25, -0.2) is 9.97 Å². The van der Waals surface area contributed by atoms with Crippen LogP contribution in [0.15, 0.2) is 65.5 Å². The number of carbonyl (C=O) groups is 1. The van der Waals surface area contributed by atoms with E-state index in [0.29, 0.717) is 23.6 Å². The van der Waals surface area contributed by atoms with Crippen LogP contribution in [0.3, 0.4) is 0 Å². The maximum Gasteiger partial charge on any atom is 0.234 e. The van der Waals surface area contributed by atoms with Crippen molar-refractivity contribution in [1.29, 1.82) is 0 Å². The average Bonchev–Trinajstić information content (AvgIpc) is 3.21. The zero-order valence-electron chi connectivity index (χ0n) is 11.5. The quantitative estimate of drug-likeness (QED) is 0.542. The number of rotatable bonds is 3. The number of carbonyl (C=O) groups excluding carboxylic acids is 1. The zero-order chi connectivity index (χ0) is 14.9. The lowest BCUT2D eigenvalue weighted by Gasteiger charge is -2.00. The highest BCUT2D eigenvalue weighted by atomic mass is 16.3. The summed E-state index contributed by atoms with van der Waals surface area (Å²) in [6.07, 6.45) is 6.25. The Morgan fingerprint density at radius 1 is 1.09 bits per heavy atom. The molecule has 0 atom stereocenters. The Bertz CT molecular complexity index is 936. The van der Waals surface area contributed by atoms with E-state index in [9.17, 15) is 4.79 Å². The molecule has 0 radical (unpaired) electrons. The molecule has 1 aromatic carbocycles. The highest BCUT2D eigenvalue weighted by Crippen LogP contribution is 2.27. The molecule has 22 heavy (non-hydrogen) atoms. The van der Waals surface area contributed by atoms with Crippen LogP contribution in [0.25, 0.3) is 28.4 Å². The van der Waals surface area contributed by atoms with Crippen LogP contribution in [0.4, 0.5) is 0 Å².